The Labute approximate surface area is 112 Å². The zero-order valence-corrected chi connectivity index (χ0v) is 12.5. The number of nitrogens with zero attached hydrogens (tertiary/aromatic N) is 1. The van der Waals surface area contributed by atoms with Crippen LogP contribution in [-0.4, -0.2) is 38.7 Å². The lowest BCUT2D eigenvalue weighted by Crippen LogP contribution is -2.35. The fraction of sp³-hybridized carbons (Fsp3) is 0.538. The van der Waals surface area contributed by atoms with E-state index in [1.165, 1.54) is 5.56 Å². The molecule has 0 aliphatic rings. The van der Waals surface area contributed by atoms with Gasteiger partial charge in [0.1, 0.15) is 5.75 Å². The first-order valence-electron chi connectivity index (χ1n) is 5.73. The molecule has 0 saturated carbocycles. The van der Waals surface area contributed by atoms with E-state index in [2.05, 4.69) is 53.2 Å². The van der Waals surface area contributed by atoms with Gasteiger partial charge >= 0.3 is 0 Å². The van der Waals surface area contributed by atoms with E-state index in [1.807, 2.05) is 12.1 Å². The lowest BCUT2D eigenvalue weighted by atomic mass is 10.2. The Morgan fingerprint density at radius 1 is 1.41 bits per heavy atom. The molecular weight excluding hydrogens is 280 g/mol. The maximum atomic E-state index is 5.22. The molecule has 0 fully saturated rings. The average molecular weight is 301 g/mol. The maximum Gasteiger partial charge on any atom is 0.119 e. The van der Waals surface area contributed by atoms with E-state index >= 15 is 0 Å². The molecule has 0 spiro atoms. The molecule has 1 unspecified atom stereocenters. The molecule has 1 rings (SSSR count). The Balaban J connectivity index is 2.56. The monoisotopic (exact) mass is 300 g/mol. The third-order valence-electron chi connectivity index (χ3n) is 2.53. The third kappa shape index (κ3) is 5.06. The molecule has 0 radical (unpaired) electrons. The Kier molecular flexibility index (Phi) is 5.95. The van der Waals surface area contributed by atoms with Crippen molar-refractivity contribution in [2.45, 2.75) is 19.5 Å². The van der Waals surface area contributed by atoms with Crippen LogP contribution in [0.25, 0.3) is 0 Å². The van der Waals surface area contributed by atoms with Crippen LogP contribution in [-0.2, 0) is 6.54 Å². The van der Waals surface area contributed by atoms with E-state index in [1.54, 1.807) is 7.11 Å². The van der Waals surface area contributed by atoms with Crippen molar-refractivity contribution in [3.8, 4) is 5.75 Å². The lowest BCUT2D eigenvalue weighted by Gasteiger charge is -2.19. The molecule has 4 heteroatoms. The first-order valence-corrected chi connectivity index (χ1v) is 6.52. The number of hydrogen-bond donors (Lipinski definition) is 1. The van der Waals surface area contributed by atoms with Crippen LogP contribution in [0.3, 0.4) is 0 Å². The van der Waals surface area contributed by atoms with E-state index in [9.17, 15) is 0 Å². The van der Waals surface area contributed by atoms with Gasteiger partial charge in [0, 0.05) is 23.6 Å². The molecule has 1 aromatic rings. The van der Waals surface area contributed by atoms with Crippen molar-refractivity contribution in [2.24, 2.45) is 0 Å². The van der Waals surface area contributed by atoms with Crippen molar-refractivity contribution in [1.29, 1.82) is 0 Å². The molecule has 3 nitrogen and oxygen atoms in total. The summed E-state index contributed by atoms with van der Waals surface area (Å²) in [7, 11) is 5.86. The summed E-state index contributed by atoms with van der Waals surface area (Å²) in [6.07, 6.45) is 0. The molecule has 0 amide bonds. The van der Waals surface area contributed by atoms with Gasteiger partial charge in [0.05, 0.1) is 7.11 Å². The minimum absolute atomic E-state index is 0.461. The predicted molar refractivity (Wildman–Crippen MR) is 75.5 cm³/mol. The highest BCUT2D eigenvalue weighted by atomic mass is 79.9. The molecule has 96 valence electrons. The fourth-order valence-corrected chi connectivity index (χ4v) is 2.10. The summed E-state index contributed by atoms with van der Waals surface area (Å²) in [5, 5.41) is 3.50. The van der Waals surface area contributed by atoms with Crippen LogP contribution in [0.2, 0.25) is 0 Å². The van der Waals surface area contributed by atoms with E-state index in [0.29, 0.717) is 6.04 Å². The zero-order chi connectivity index (χ0) is 12.8. The number of benzene rings is 1. The van der Waals surface area contributed by atoms with E-state index in [4.69, 9.17) is 4.74 Å². The zero-order valence-electron chi connectivity index (χ0n) is 11.0. The highest BCUT2D eigenvalue weighted by Gasteiger charge is 2.06. The number of hydrogen-bond acceptors (Lipinski definition) is 3. The minimum Gasteiger partial charge on any atom is -0.497 e. The second kappa shape index (κ2) is 6.99. The average Bonchev–Trinajstić information content (AvgIpc) is 2.27. The highest BCUT2D eigenvalue weighted by molar-refractivity contribution is 9.10. The SMILES string of the molecule is COc1ccc(Br)c(CNC(C)CN(C)C)c1. The number of nitrogens with one attached hydrogen (secondary N) is 1. The van der Waals surface area contributed by atoms with Crippen molar-refractivity contribution in [3.05, 3.63) is 28.2 Å². The topological polar surface area (TPSA) is 24.5 Å². The first kappa shape index (κ1) is 14.5. The van der Waals surface area contributed by atoms with E-state index in [0.717, 1.165) is 23.3 Å². The van der Waals surface area contributed by atoms with Crippen molar-refractivity contribution in [2.75, 3.05) is 27.7 Å². The minimum atomic E-state index is 0.461. The highest BCUT2D eigenvalue weighted by Crippen LogP contribution is 2.22. The van der Waals surface area contributed by atoms with Gasteiger partial charge in [-0.2, -0.15) is 0 Å². The molecule has 0 aliphatic heterocycles. The second-order valence-electron chi connectivity index (χ2n) is 4.50. The van der Waals surface area contributed by atoms with Crippen molar-refractivity contribution >= 4 is 15.9 Å². The second-order valence-corrected chi connectivity index (χ2v) is 5.36. The molecule has 1 N–H and O–H groups in total. The van der Waals surface area contributed by atoms with Gasteiger partial charge in [-0.15, -0.1) is 0 Å². The van der Waals surface area contributed by atoms with Crippen LogP contribution in [0, 0.1) is 0 Å². The summed E-state index contributed by atoms with van der Waals surface area (Å²) >= 11 is 3.55. The van der Waals surface area contributed by atoms with Crippen LogP contribution < -0.4 is 10.1 Å². The summed E-state index contributed by atoms with van der Waals surface area (Å²) in [5.74, 6) is 0.894. The summed E-state index contributed by atoms with van der Waals surface area (Å²) < 4.78 is 6.34. The number of likely N-dealkylation sites (N-methyl/N-ethyl adjacent to an activating group) is 1. The van der Waals surface area contributed by atoms with E-state index < -0.39 is 0 Å². The molecule has 1 aromatic carbocycles. The first-order chi connectivity index (χ1) is 8.02. The third-order valence-corrected chi connectivity index (χ3v) is 3.31. The number of ether oxygens (including phenoxy) is 1. The number of halogens is 1. The van der Waals surface area contributed by atoms with Crippen LogP contribution >= 0.6 is 15.9 Å². The van der Waals surface area contributed by atoms with Crippen molar-refractivity contribution < 1.29 is 4.74 Å². The molecule has 0 saturated heterocycles. The molecular formula is C13H21BrN2O. The molecule has 1 atom stereocenters. The Morgan fingerprint density at radius 2 is 2.12 bits per heavy atom. The van der Waals surface area contributed by atoms with Crippen LogP contribution in [0.4, 0.5) is 0 Å². The van der Waals surface area contributed by atoms with Gasteiger partial charge < -0.3 is 15.0 Å². The van der Waals surface area contributed by atoms with Gasteiger partial charge in [0.15, 0.2) is 0 Å². The molecule has 0 aromatic heterocycles. The van der Waals surface area contributed by atoms with Gasteiger partial charge in [0.25, 0.3) is 0 Å². The van der Waals surface area contributed by atoms with E-state index in [-0.39, 0.29) is 0 Å². The Morgan fingerprint density at radius 3 is 2.71 bits per heavy atom. The Hall–Kier alpha value is -0.580. The summed E-state index contributed by atoms with van der Waals surface area (Å²) in [4.78, 5) is 2.18. The van der Waals surface area contributed by atoms with Gasteiger partial charge in [-0.1, -0.05) is 15.9 Å². The molecule has 0 aliphatic carbocycles. The number of methoxy groups -OCH3 is 1. The van der Waals surface area contributed by atoms with Gasteiger partial charge in [-0.05, 0) is 44.8 Å². The summed E-state index contributed by atoms with van der Waals surface area (Å²) in [6.45, 7) is 4.06. The lowest BCUT2D eigenvalue weighted by molar-refractivity contribution is 0.349. The smallest absolute Gasteiger partial charge is 0.119 e. The molecule has 0 heterocycles. The molecule has 0 bridgehead atoms. The Bertz CT molecular complexity index is 355. The molecule has 17 heavy (non-hydrogen) atoms. The van der Waals surface area contributed by atoms with Gasteiger partial charge in [0.2, 0.25) is 0 Å². The van der Waals surface area contributed by atoms with Crippen molar-refractivity contribution in [3.63, 3.8) is 0 Å². The van der Waals surface area contributed by atoms with Crippen LogP contribution in [0.5, 0.6) is 5.75 Å². The van der Waals surface area contributed by atoms with Crippen LogP contribution in [0.1, 0.15) is 12.5 Å². The standard InChI is InChI=1S/C13H21BrN2O/c1-10(9-16(2)3)15-8-11-7-12(17-4)5-6-13(11)14/h5-7,10,15H,8-9H2,1-4H3. The normalized spacial score (nSPS) is 12.8. The van der Waals surface area contributed by atoms with Crippen LogP contribution in [0.15, 0.2) is 22.7 Å². The van der Waals surface area contributed by atoms with Crippen molar-refractivity contribution in [1.82, 2.24) is 10.2 Å². The number of rotatable bonds is 6. The van der Waals surface area contributed by atoms with Gasteiger partial charge in [-0.25, -0.2) is 0 Å². The summed E-state index contributed by atoms with van der Waals surface area (Å²) in [5.41, 5.74) is 1.22. The fourth-order valence-electron chi connectivity index (χ4n) is 1.71. The summed E-state index contributed by atoms with van der Waals surface area (Å²) in [6, 6.07) is 6.49. The predicted octanol–water partition coefficient (Wildman–Crippen LogP) is 2.50. The quantitative estimate of drug-likeness (QED) is 0.874. The largest absolute Gasteiger partial charge is 0.497 e. The maximum absolute atomic E-state index is 5.22. The van der Waals surface area contributed by atoms with Gasteiger partial charge in [-0.3, -0.25) is 0 Å².